The van der Waals surface area contributed by atoms with Crippen molar-refractivity contribution >= 4 is 29.1 Å². The maximum absolute atomic E-state index is 12.2. The van der Waals surface area contributed by atoms with Crippen molar-refractivity contribution in [3.63, 3.8) is 0 Å². The molecule has 1 aromatic heterocycles. The van der Waals surface area contributed by atoms with Gasteiger partial charge in [0.25, 0.3) is 5.91 Å². The number of hydrogen-bond donors (Lipinski definition) is 1. The first-order valence-electron chi connectivity index (χ1n) is 7.40. The van der Waals surface area contributed by atoms with Crippen LogP contribution in [0, 0.1) is 0 Å². The highest BCUT2D eigenvalue weighted by molar-refractivity contribution is 6.35. The van der Waals surface area contributed by atoms with Gasteiger partial charge in [0.15, 0.2) is 0 Å². The van der Waals surface area contributed by atoms with Crippen LogP contribution in [0.1, 0.15) is 21.5 Å². The van der Waals surface area contributed by atoms with Gasteiger partial charge < -0.3 is 5.32 Å². The maximum atomic E-state index is 12.2. The Hall–Kier alpha value is -2.30. The topological polar surface area (TPSA) is 46.9 Å². The molecule has 0 saturated heterocycles. The minimum Gasteiger partial charge on any atom is -0.348 e. The predicted molar refractivity (Wildman–Crippen MR) is 95.4 cm³/mol. The van der Waals surface area contributed by atoms with Crippen molar-refractivity contribution in [2.45, 2.75) is 13.1 Å². The minimum absolute atomic E-state index is 0.247. The third-order valence-corrected chi connectivity index (χ3v) is 4.12. The lowest BCUT2D eigenvalue weighted by atomic mass is 10.1. The molecule has 1 amide bonds. The summed E-state index contributed by atoms with van der Waals surface area (Å²) in [6.45, 7) is 1.14. The molecule has 0 saturated carbocycles. The van der Waals surface area contributed by atoms with Gasteiger partial charge in [0.1, 0.15) is 0 Å². The summed E-state index contributed by atoms with van der Waals surface area (Å²) in [5.41, 5.74) is 2.52. The Bertz CT molecular complexity index is 830. The van der Waals surface area contributed by atoms with E-state index in [4.69, 9.17) is 23.2 Å². The van der Waals surface area contributed by atoms with Gasteiger partial charge in [-0.1, -0.05) is 47.5 Å². The second-order valence-electron chi connectivity index (χ2n) is 5.33. The van der Waals surface area contributed by atoms with Gasteiger partial charge in [-0.15, -0.1) is 0 Å². The number of carbonyl (C=O) groups is 1. The number of hydrogen-bond acceptors (Lipinski definition) is 2. The smallest absolute Gasteiger partial charge is 0.253 e. The molecule has 1 N–H and O–H groups in total. The fourth-order valence-corrected chi connectivity index (χ4v) is 2.67. The lowest BCUT2D eigenvalue weighted by molar-refractivity contribution is 0.0951. The van der Waals surface area contributed by atoms with Gasteiger partial charge in [0.05, 0.1) is 17.1 Å². The number of nitrogens with one attached hydrogen (secondary N) is 1. The summed E-state index contributed by atoms with van der Waals surface area (Å²) in [5.74, 6) is -0.247. The highest BCUT2D eigenvalue weighted by Gasteiger charge is 2.10. The number of benzene rings is 2. The molecule has 122 valence electrons. The Morgan fingerprint density at radius 2 is 1.83 bits per heavy atom. The van der Waals surface area contributed by atoms with Crippen molar-refractivity contribution in [1.29, 1.82) is 0 Å². The molecule has 0 aliphatic heterocycles. The molecule has 2 aromatic carbocycles. The van der Waals surface area contributed by atoms with Gasteiger partial charge in [-0.25, -0.2) is 0 Å². The normalized spacial score (nSPS) is 10.6. The lowest BCUT2D eigenvalue weighted by Gasteiger charge is -2.08. The molecule has 4 nitrogen and oxygen atoms in total. The van der Waals surface area contributed by atoms with Crippen molar-refractivity contribution in [2.24, 2.45) is 0 Å². The van der Waals surface area contributed by atoms with E-state index < -0.39 is 0 Å². The predicted octanol–water partition coefficient (Wildman–Crippen LogP) is 4.17. The Labute approximate surface area is 150 Å². The largest absolute Gasteiger partial charge is 0.348 e. The van der Waals surface area contributed by atoms with Crippen LogP contribution in [0.15, 0.2) is 60.9 Å². The first-order valence-corrected chi connectivity index (χ1v) is 8.16. The molecule has 0 aliphatic carbocycles. The molecule has 1 heterocycles. The van der Waals surface area contributed by atoms with E-state index in [1.165, 1.54) is 0 Å². The average Bonchev–Trinajstić information content (AvgIpc) is 3.09. The summed E-state index contributed by atoms with van der Waals surface area (Å²) in [6, 6.07) is 14.7. The molecule has 3 aromatic rings. The van der Waals surface area contributed by atoms with Gasteiger partial charge in [-0.05, 0) is 35.4 Å². The van der Waals surface area contributed by atoms with E-state index >= 15 is 0 Å². The summed E-state index contributed by atoms with van der Waals surface area (Å²) in [4.78, 5) is 12.2. The molecule has 0 atom stereocenters. The zero-order valence-electron chi connectivity index (χ0n) is 12.7. The standard InChI is InChI=1S/C18H15Cl2N3O/c19-15-6-7-17(20)16(10-15)18(24)21-11-13-2-4-14(5-3-13)12-23-9-1-8-22-23/h1-10H,11-12H2,(H,21,24). The monoisotopic (exact) mass is 359 g/mol. The summed E-state index contributed by atoms with van der Waals surface area (Å²) in [5, 5.41) is 7.89. The Kier molecular flexibility index (Phi) is 5.18. The first kappa shape index (κ1) is 16.6. The quantitative estimate of drug-likeness (QED) is 0.742. The Morgan fingerprint density at radius 1 is 1.08 bits per heavy atom. The van der Waals surface area contributed by atoms with Crippen LogP contribution >= 0.6 is 23.2 Å². The van der Waals surface area contributed by atoms with E-state index in [2.05, 4.69) is 10.4 Å². The zero-order chi connectivity index (χ0) is 16.9. The Morgan fingerprint density at radius 3 is 2.54 bits per heavy atom. The lowest BCUT2D eigenvalue weighted by Crippen LogP contribution is -2.23. The second-order valence-corrected chi connectivity index (χ2v) is 6.17. The molecule has 24 heavy (non-hydrogen) atoms. The third kappa shape index (κ3) is 4.16. The fraction of sp³-hybridized carbons (Fsp3) is 0.111. The van der Waals surface area contributed by atoms with E-state index in [-0.39, 0.29) is 5.91 Å². The van der Waals surface area contributed by atoms with E-state index in [1.54, 1.807) is 24.4 Å². The van der Waals surface area contributed by atoms with Crippen LogP contribution < -0.4 is 5.32 Å². The van der Waals surface area contributed by atoms with Gasteiger partial charge >= 0.3 is 0 Å². The van der Waals surface area contributed by atoms with Crippen LogP contribution in [0.3, 0.4) is 0 Å². The number of rotatable bonds is 5. The van der Waals surface area contributed by atoms with Crippen LogP contribution in [-0.4, -0.2) is 15.7 Å². The molecular weight excluding hydrogens is 345 g/mol. The van der Waals surface area contributed by atoms with Gasteiger partial charge in [-0.2, -0.15) is 5.10 Å². The SMILES string of the molecule is O=C(NCc1ccc(Cn2cccn2)cc1)c1cc(Cl)ccc1Cl. The fourth-order valence-electron chi connectivity index (χ4n) is 2.29. The number of nitrogens with zero attached hydrogens (tertiary/aromatic N) is 2. The Balaban J connectivity index is 1.60. The van der Waals surface area contributed by atoms with Crippen molar-refractivity contribution in [3.8, 4) is 0 Å². The van der Waals surface area contributed by atoms with Crippen molar-refractivity contribution in [2.75, 3.05) is 0 Å². The van der Waals surface area contributed by atoms with Crippen LogP contribution in [-0.2, 0) is 13.1 Å². The van der Waals surface area contributed by atoms with Gasteiger partial charge in [0, 0.05) is 24.0 Å². The molecule has 0 fully saturated rings. The first-order chi connectivity index (χ1) is 11.6. The molecule has 3 rings (SSSR count). The highest BCUT2D eigenvalue weighted by Crippen LogP contribution is 2.20. The molecule has 0 bridgehead atoms. The summed E-state index contributed by atoms with van der Waals surface area (Å²) < 4.78 is 1.86. The minimum atomic E-state index is -0.247. The van der Waals surface area contributed by atoms with Crippen LogP contribution in [0.2, 0.25) is 10.0 Å². The van der Waals surface area contributed by atoms with Crippen molar-refractivity contribution in [3.05, 3.63) is 87.7 Å². The average molecular weight is 360 g/mol. The highest BCUT2D eigenvalue weighted by atomic mass is 35.5. The van der Waals surface area contributed by atoms with E-state index in [0.29, 0.717) is 22.2 Å². The number of amides is 1. The van der Waals surface area contributed by atoms with Crippen molar-refractivity contribution < 1.29 is 4.79 Å². The summed E-state index contributed by atoms with van der Waals surface area (Å²) in [6.07, 6.45) is 3.67. The molecule has 0 radical (unpaired) electrons. The molecule has 0 aliphatic rings. The zero-order valence-corrected chi connectivity index (χ0v) is 14.3. The molecule has 6 heteroatoms. The number of carbonyl (C=O) groups excluding carboxylic acids is 1. The van der Waals surface area contributed by atoms with E-state index in [0.717, 1.165) is 17.7 Å². The summed E-state index contributed by atoms with van der Waals surface area (Å²) >= 11 is 11.9. The number of aromatic nitrogens is 2. The van der Waals surface area contributed by atoms with E-state index in [9.17, 15) is 4.79 Å². The van der Waals surface area contributed by atoms with Crippen LogP contribution in [0.4, 0.5) is 0 Å². The van der Waals surface area contributed by atoms with Crippen LogP contribution in [0.25, 0.3) is 0 Å². The maximum Gasteiger partial charge on any atom is 0.253 e. The third-order valence-electron chi connectivity index (χ3n) is 3.55. The second kappa shape index (κ2) is 7.51. The van der Waals surface area contributed by atoms with Crippen molar-refractivity contribution in [1.82, 2.24) is 15.1 Å². The van der Waals surface area contributed by atoms with Crippen LogP contribution in [0.5, 0.6) is 0 Å². The van der Waals surface area contributed by atoms with E-state index in [1.807, 2.05) is 41.2 Å². The number of halogens is 2. The molecule has 0 spiro atoms. The van der Waals surface area contributed by atoms with Gasteiger partial charge in [0.2, 0.25) is 0 Å². The summed E-state index contributed by atoms with van der Waals surface area (Å²) in [7, 11) is 0. The molecular formula is C18H15Cl2N3O. The van der Waals surface area contributed by atoms with Gasteiger partial charge in [-0.3, -0.25) is 9.48 Å². The molecule has 0 unspecified atom stereocenters.